The molecule has 0 spiro atoms. The molecule has 27 heavy (non-hydrogen) atoms. The summed E-state index contributed by atoms with van der Waals surface area (Å²) in [5, 5.41) is 10.0. The summed E-state index contributed by atoms with van der Waals surface area (Å²) < 4.78 is 2.09. The van der Waals surface area contributed by atoms with Gasteiger partial charge in [-0.2, -0.15) is 0 Å². The smallest absolute Gasteiger partial charge is 0.313 e. The second-order valence-electron chi connectivity index (χ2n) is 8.79. The first-order chi connectivity index (χ1) is 12.8. The van der Waals surface area contributed by atoms with E-state index >= 15 is 0 Å². The standard InChI is InChI=1S/C20H30N4O3/c1-13-14(2)22(3)17(21-13)10-23-8-16-9-24(12-20(16,11-23)19(26)27)18(25)15-6-4-5-7-15/h15-16H,4-12H2,1-3H3,(H,26,27). The van der Waals surface area contributed by atoms with Gasteiger partial charge >= 0.3 is 5.97 Å². The zero-order valence-electron chi connectivity index (χ0n) is 16.6. The Morgan fingerprint density at radius 2 is 1.89 bits per heavy atom. The predicted octanol–water partition coefficient (Wildman–Crippen LogP) is 1.57. The molecule has 1 aliphatic carbocycles. The SMILES string of the molecule is Cc1nc(CN2CC3CN(C(=O)C4CCCC4)CC3(C(=O)O)C2)n(C)c1C. The number of fused-ring (bicyclic) bond motifs is 1. The van der Waals surface area contributed by atoms with Crippen LogP contribution >= 0.6 is 0 Å². The lowest BCUT2D eigenvalue weighted by molar-refractivity contribution is -0.149. The molecule has 7 heteroatoms. The number of carbonyl (C=O) groups is 2. The van der Waals surface area contributed by atoms with E-state index in [1.807, 2.05) is 18.9 Å². The monoisotopic (exact) mass is 374 g/mol. The van der Waals surface area contributed by atoms with E-state index < -0.39 is 11.4 Å². The van der Waals surface area contributed by atoms with Crippen LogP contribution in [-0.2, 0) is 23.2 Å². The van der Waals surface area contributed by atoms with Gasteiger partial charge in [-0.1, -0.05) is 12.8 Å². The topological polar surface area (TPSA) is 78.7 Å². The fourth-order valence-electron chi connectivity index (χ4n) is 5.32. The zero-order valence-corrected chi connectivity index (χ0v) is 16.6. The molecule has 2 aliphatic heterocycles. The number of carboxylic acids is 1. The second kappa shape index (κ2) is 6.62. The van der Waals surface area contributed by atoms with Crippen molar-refractivity contribution in [2.45, 2.75) is 46.1 Å². The van der Waals surface area contributed by atoms with Crippen LogP contribution in [0.25, 0.3) is 0 Å². The lowest BCUT2D eigenvalue weighted by Gasteiger charge is -2.26. The Morgan fingerprint density at radius 1 is 1.19 bits per heavy atom. The Labute approximate surface area is 160 Å². The minimum Gasteiger partial charge on any atom is -0.481 e. The van der Waals surface area contributed by atoms with Crippen LogP contribution in [0.2, 0.25) is 0 Å². The van der Waals surface area contributed by atoms with Crippen LogP contribution in [0.4, 0.5) is 0 Å². The fraction of sp³-hybridized carbons (Fsp3) is 0.750. The summed E-state index contributed by atoms with van der Waals surface area (Å²) >= 11 is 0. The number of carboxylic acid groups (broad SMARTS) is 1. The van der Waals surface area contributed by atoms with Crippen LogP contribution in [0, 0.1) is 31.1 Å². The van der Waals surface area contributed by atoms with Gasteiger partial charge in [-0.3, -0.25) is 14.5 Å². The number of nitrogens with zero attached hydrogens (tertiary/aromatic N) is 4. The van der Waals surface area contributed by atoms with Crippen molar-refractivity contribution in [2.75, 3.05) is 26.2 Å². The van der Waals surface area contributed by atoms with Crippen LogP contribution < -0.4 is 0 Å². The van der Waals surface area contributed by atoms with Crippen LogP contribution in [0.1, 0.15) is 42.9 Å². The van der Waals surface area contributed by atoms with E-state index in [4.69, 9.17) is 0 Å². The highest BCUT2D eigenvalue weighted by atomic mass is 16.4. The summed E-state index contributed by atoms with van der Waals surface area (Å²) in [4.78, 5) is 33.7. The van der Waals surface area contributed by atoms with E-state index in [1.165, 1.54) is 0 Å². The van der Waals surface area contributed by atoms with Crippen LogP contribution in [0.15, 0.2) is 0 Å². The van der Waals surface area contributed by atoms with Crippen molar-refractivity contribution in [3.8, 4) is 0 Å². The van der Waals surface area contributed by atoms with Crippen molar-refractivity contribution in [2.24, 2.45) is 24.3 Å². The summed E-state index contributed by atoms with van der Waals surface area (Å²) in [5.74, 6) is 0.518. The van der Waals surface area contributed by atoms with Crippen LogP contribution in [-0.4, -0.2) is 62.5 Å². The number of amides is 1. The van der Waals surface area contributed by atoms with E-state index in [9.17, 15) is 14.7 Å². The number of hydrogen-bond donors (Lipinski definition) is 1. The zero-order chi connectivity index (χ0) is 19.3. The summed E-state index contributed by atoms with van der Waals surface area (Å²) in [6.07, 6.45) is 4.16. The molecule has 0 radical (unpaired) electrons. The summed E-state index contributed by atoms with van der Waals surface area (Å²) in [6, 6.07) is 0. The van der Waals surface area contributed by atoms with Crippen molar-refractivity contribution in [3.05, 3.63) is 17.2 Å². The highest BCUT2D eigenvalue weighted by Crippen LogP contribution is 2.44. The fourth-order valence-corrected chi connectivity index (χ4v) is 5.32. The van der Waals surface area contributed by atoms with Gasteiger partial charge in [0.25, 0.3) is 0 Å². The summed E-state index contributed by atoms with van der Waals surface area (Å²) in [5.41, 5.74) is 1.34. The summed E-state index contributed by atoms with van der Waals surface area (Å²) in [6.45, 7) is 6.86. The third kappa shape index (κ3) is 2.96. The Hall–Kier alpha value is -1.89. The molecular formula is C20H30N4O3. The normalized spacial score (nSPS) is 28.9. The van der Waals surface area contributed by atoms with Crippen LogP contribution in [0.3, 0.4) is 0 Å². The molecule has 1 amide bonds. The van der Waals surface area contributed by atoms with Crippen molar-refractivity contribution >= 4 is 11.9 Å². The van der Waals surface area contributed by atoms with Crippen molar-refractivity contribution in [1.29, 1.82) is 0 Å². The minimum absolute atomic E-state index is 0.00261. The van der Waals surface area contributed by atoms with Gasteiger partial charge in [0.05, 0.1) is 12.2 Å². The molecule has 0 bridgehead atoms. The van der Waals surface area contributed by atoms with Gasteiger partial charge in [-0.25, -0.2) is 4.98 Å². The third-order valence-corrected chi connectivity index (χ3v) is 7.20. The maximum Gasteiger partial charge on any atom is 0.313 e. The molecule has 148 valence electrons. The van der Waals surface area contributed by atoms with Gasteiger partial charge in [0.15, 0.2) is 0 Å². The van der Waals surface area contributed by atoms with Gasteiger partial charge < -0.3 is 14.6 Å². The van der Waals surface area contributed by atoms with E-state index in [1.54, 1.807) is 0 Å². The second-order valence-corrected chi connectivity index (χ2v) is 8.79. The lowest BCUT2D eigenvalue weighted by Crippen LogP contribution is -2.43. The third-order valence-electron chi connectivity index (χ3n) is 7.20. The number of aryl methyl sites for hydroxylation is 1. The Bertz CT molecular complexity index is 768. The number of aliphatic carboxylic acids is 1. The molecule has 0 aromatic carbocycles. The Kier molecular flexibility index (Phi) is 4.53. The molecule has 4 rings (SSSR count). The maximum atomic E-state index is 12.8. The molecule has 2 unspecified atom stereocenters. The maximum absolute atomic E-state index is 12.8. The van der Waals surface area contributed by atoms with E-state index in [2.05, 4.69) is 21.4 Å². The molecule has 7 nitrogen and oxygen atoms in total. The molecule has 2 atom stereocenters. The quantitative estimate of drug-likeness (QED) is 0.866. The minimum atomic E-state index is -0.830. The number of likely N-dealkylation sites (tertiary alicyclic amines) is 2. The largest absolute Gasteiger partial charge is 0.481 e. The van der Waals surface area contributed by atoms with Crippen molar-refractivity contribution in [3.63, 3.8) is 0 Å². The molecule has 1 aromatic heterocycles. The number of carbonyl (C=O) groups excluding carboxylic acids is 1. The van der Waals surface area contributed by atoms with E-state index in [-0.39, 0.29) is 17.7 Å². The average molecular weight is 374 g/mol. The van der Waals surface area contributed by atoms with E-state index in [0.717, 1.165) is 42.9 Å². The molecule has 2 saturated heterocycles. The number of hydrogen-bond acceptors (Lipinski definition) is 4. The Morgan fingerprint density at radius 3 is 2.44 bits per heavy atom. The van der Waals surface area contributed by atoms with Crippen LogP contribution in [0.5, 0.6) is 0 Å². The highest BCUT2D eigenvalue weighted by molar-refractivity contribution is 5.83. The van der Waals surface area contributed by atoms with Gasteiger partial charge in [0.1, 0.15) is 11.2 Å². The first-order valence-corrected chi connectivity index (χ1v) is 10.0. The van der Waals surface area contributed by atoms with E-state index in [0.29, 0.717) is 32.7 Å². The molecule has 3 aliphatic rings. The number of imidazole rings is 1. The summed E-state index contributed by atoms with van der Waals surface area (Å²) in [7, 11) is 2.01. The Balaban J connectivity index is 1.48. The molecule has 1 N–H and O–H groups in total. The first kappa shape index (κ1) is 18.5. The van der Waals surface area contributed by atoms with Crippen molar-refractivity contribution in [1.82, 2.24) is 19.4 Å². The molecule has 3 fully saturated rings. The molecule has 3 heterocycles. The number of rotatable bonds is 4. The predicted molar refractivity (Wildman–Crippen MR) is 100 cm³/mol. The highest BCUT2D eigenvalue weighted by Gasteiger charge is 2.58. The average Bonchev–Trinajstić information content (AvgIpc) is 3.36. The lowest BCUT2D eigenvalue weighted by atomic mass is 9.81. The molecule has 1 aromatic rings. The van der Waals surface area contributed by atoms with Crippen molar-refractivity contribution < 1.29 is 14.7 Å². The molecule has 1 saturated carbocycles. The van der Waals surface area contributed by atoms with Gasteiger partial charge in [-0.05, 0) is 26.7 Å². The molecular weight excluding hydrogens is 344 g/mol. The van der Waals surface area contributed by atoms with Gasteiger partial charge in [0.2, 0.25) is 5.91 Å². The first-order valence-electron chi connectivity index (χ1n) is 10.0. The van der Waals surface area contributed by atoms with Gasteiger partial charge in [-0.15, -0.1) is 0 Å². The van der Waals surface area contributed by atoms with Gasteiger partial charge in [0, 0.05) is 50.8 Å². The number of aromatic nitrogens is 2.